The minimum atomic E-state index is -4.57. The summed E-state index contributed by atoms with van der Waals surface area (Å²) in [5, 5.41) is 0.723. The van der Waals surface area contributed by atoms with Gasteiger partial charge in [0.15, 0.2) is 6.61 Å². The van der Waals surface area contributed by atoms with E-state index in [9.17, 15) is 22.8 Å². The van der Waals surface area contributed by atoms with Crippen LogP contribution >= 0.6 is 11.3 Å². The molecule has 0 saturated carbocycles. The molecule has 28 heavy (non-hydrogen) atoms. The maximum Gasteiger partial charge on any atom is 0.416 e. The normalized spacial score (nSPS) is 11.4. The molecule has 0 unspecified atom stereocenters. The van der Waals surface area contributed by atoms with Gasteiger partial charge in [0.05, 0.1) is 27.9 Å². The van der Waals surface area contributed by atoms with E-state index in [-0.39, 0.29) is 12.1 Å². The van der Waals surface area contributed by atoms with Crippen molar-refractivity contribution in [2.75, 3.05) is 13.7 Å². The number of carbonyl (C=O) groups excluding carboxylic acids is 2. The largest absolute Gasteiger partial charge is 0.452 e. The summed E-state index contributed by atoms with van der Waals surface area (Å²) in [6.45, 7) is -0.338. The quantitative estimate of drug-likeness (QED) is 0.596. The number of carbonyl (C=O) groups is 2. The summed E-state index contributed by atoms with van der Waals surface area (Å²) in [6, 6.07) is 11.4. The van der Waals surface area contributed by atoms with Gasteiger partial charge in [0.1, 0.15) is 5.01 Å². The number of rotatable bonds is 5. The number of benzene rings is 2. The lowest BCUT2D eigenvalue weighted by atomic mass is 10.1. The molecule has 3 aromatic rings. The molecule has 5 nitrogen and oxygen atoms in total. The van der Waals surface area contributed by atoms with E-state index in [1.807, 2.05) is 24.3 Å². The average Bonchev–Trinajstić information content (AvgIpc) is 3.07. The van der Waals surface area contributed by atoms with Crippen LogP contribution in [0.15, 0.2) is 48.5 Å². The monoisotopic (exact) mass is 408 g/mol. The van der Waals surface area contributed by atoms with Crippen LogP contribution in [-0.2, 0) is 22.3 Å². The number of nitrogens with zero attached hydrogens (tertiary/aromatic N) is 2. The SMILES string of the molecule is CN(Cc1nc2ccccc2s1)C(=O)COC(=O)c1cccc(C(F)(F)F)c1. The lowest BCUT2D eigenvalue weighted by Crippen LogP contribution is -2.30. The molecule has 9 heteroatoms. The van der Waals surface area contributed by atoms with Gasteiger partial charge in [0, 0.05) is 7.05 Å². The Balaban J connectivity index is 1.57. The number of hydrogen-bond acceptors (Lipinski definition) is 5. The number of para-hydroxylation sites is 1. The molecule has 0 atom stereocenters. The molecule has 0 bridgehead atoms. The zero-order chi connectivity index (χ0) is 20.3. The number of esters is 1. The standard InChI is InChI=1S/C19H15F3N2O3S/c1-24(10-16-23-14-7-2-3-8-15(14)28-16)17(25)11-27-18(26)12-5-4-6-13(9-12)19(20,21)22/h2-9H,10-11H2,1H3. The van der Waals surface area contributed by atoms with Crippen LogP contribution < -0.4 is 0 Å². The van der Waals surface area contributed by atoms with Gasteiger partial charge in [-0.15, -0.1) is 11.3 Å². The van der Waals surface area contributed by atoms with E-state index in [1.165, 1.54) is 29.4 Å². The highest BCUT2D eigenvalue weighted by Crippen LogP contribution is 2.29. The number of ether oxygens (including phenoxy) is 1. The zero-order valence-electron chi connectivity index (χ0n) is 14.7. The number of fused-ring (bicyclic) bond motifs is 1. The highest BCUT2D eigenvalue weighted by Gasteiger charge is 2.31. The van der Waals surface area contributed by atoms with E-state index in [0.29, 0.717) is 6.07 Å². The summed E-state index contributed by atoms with van der Waals surface area (Å²) in [7, 11) is 1.53. The predicted molar refractivity (Wildman–Crippen MR) is 97.8 cm³/mol. The Bertz CT molecular complexity index is 984. The molecule has 0 fully saturated rings. The average molecular weight is 408 g/mol. The Morgan fingerprint density at radius 3 is 2.61 bits per heavy atom. The Morgan fingerprint density at radius 1 is 1.14 bits per heavy atom. The highest BCUT2D eigenvalue weighted by atomic mass is 32.1. The van der Waals surface area contributed by atoms with Crippen LogP contribution in [-0.4, -0.2) is 35.4 Å². The first-order valence-electron chi connectivity index (χ1n) is 8.17. The highest BCUT2D eigenvalue weighted by molar-refractivity contribution is 7.18. The number of aromatic nitrogens is 1. The molecule has 3 rings (SSSR count). The third-order valence-corrected chi connectivity index (χ3v) is 4.91. The van der Waals surface area contributed by atoms with Gasteiger partial charge in [-0.25, -0.2) is 9.78 Å². The summed E-state index contributed by atoms with van der Waals surface area (Å²) in [6.07, 6.45) is -4.57. The Labute approximate surface area is 162 Å². The fraction of sp³-hybridized carbons (Fsp3) is 0.211. The lowest BCUT2D eigenvalue weighted by Gasteiger charge is -2.15. The maximum absolute atomic E-state index is 12.7. The minimum Gasteiger partial charge on any atom is -0.452 e. The Kier molecular flexibility index (Phi) is 5.64. The number of likely N-dealkylation sites (N-methyl/N-ethyl adjacent to an activating group) is 1. The van der Waals surface area contributed by atoms with Crippen LogP contribution in [0.2, 0.25) is 0 Å². The van der Waals surface area contributed by atoms with E-state index >= 15 is 0 Å². The van der Waals surface area contributed by atoms with Gasteiger partial charge < -0.3 is 9.64 Å². The van der Waals surface area contributed by atoms with Gasteiger partial charge in [0.2, 0.25) is 0 Å². The van der Waals surface area contributed by atoms with Crippen molar-refractivity contribution in [3.8, 4) is 0 Å². The van der Waals surface area contributed by atoms with Gasteiger partial charge in [-0.05, 0) is 30.3 Å². The van der Waals surface area contributed by atoms with Gasteiger partial charge >= 0.3 is 12.1 Å². The van der Waals surface area contributed by atoms with E-state index < -0.39 is 30.2 Å². The second-order valence-electron chi connectivity index (χ2n) is 5.98. The van der Waals surface area contributed by atoms with Crippen molar-refractivity contribution in [3.05, 3.63) is 64.7 Å². The predicted octanol–water partition coefficient (Wildman–Crippen LogP) is 4.13. The van der Waals surface area contributed by atoms with Crippen molar-refractivity contribution in [3.63, 3.8) is 0 Å². The van der Waals surface area contributed by atoms with E-state index in [2.05, 4.69) is 4.98 Å². The maximum atomic E-state index is 12.7. The van der Waals surface area contributed by atoms with Crippen molar-refractivity contribution in [2.45, 2.75) is 12.7 Å². The fourth-order valence-electron chi connectivity index (χ4n) is 2.42. The molecular formula is C19H15F3N2O3S. The van der Waals surface area contributed by atoms with E-state index in [0.717, 1.165) is 27.4 Å². The molecule has 1 amide bonds. The molecular weight excluding hydrogens is 393 g/mol. The molecule has 0 aliphatic carbocycles. The Morgan fingerprint density at radius 2 is 1.89 bits per heavy atom. The molecule has 0 N–H and O–H groups in total. The van der Waals surface area contributed by atoms with Gasteiger partial charge in [-0.2, -0.15) is 13.2 Å². The summed E-state index contributed by atoms with van der Waals surface area (Å²) in [4.78, 5) is 29.9. The molecule has 1 heterocycles. The van der Waals surface area contributed by atoms with Crippen molar-refractivity contribution in [2.24, 2.45) is 0 Å². The molecule has 0 aliphatic rings. The van der Waals surface area contributed by atoms with Crippen molar-refractivity contribution >= 4 is 33.4 Å². The summed E-state index contributed by atoms with van der Waals surface area (Å²) in [5.41, 5.74) is -0.392. The minimum absolute atomic E-state index is 0.235. The first-order chi connectivity index (χ1) is 13.2. The fourth-order valence-corrected chi connectivity index (χ4v) is 3.44. The number of halogens is 3. The molecule has 146 valence electrons. The van der Waals surface area contributed by atoms with E-state index in [1.54, 1.807) is 0 Å². The lowest BCUT2D eigenvalue weighted by molar-refractivity contribution is -0.137. The molecule has 0 aliphatic heterocycles. The zero-order valence-corrected chi connectivity index (χ0v) is 15.5. The summed E-state index contributed by atoms with van der Waals surface area (Å²) >= 11 is 1.45. The van der Waals surface area contributed by atoms with Gasteiger partial charge in [-0.3, -0.25) is 4.79 Å². The first-order valence-corrected chi connectivity index (χ1v) is 8.98. The molecule has 1 aromatic heterocycles. The second kappa shape index (κ2) is 7.97. The summed E-state index contributed by atoms with van der Waals surface area (Å²) in [5.74, 6) is -1.48. The van der Waals surface area contributed by atoms with Crippen molar-refractivity contribution < 1.29 is 27.5 Å². The number of alkyl halides is 3. The molecule has 2 aromatic carbocycles. The van der Waals surface area contributed by atoms with Crippen molar-refractivity contribution in [1.29, 1.82) is 0 Å². The number of thiazole rings is 1. The molecule has 0 saturated heterocycles. The first kappa shape index (κ1) is 19.8. The smallest absolute Gasteiger partial charge is 0.416 e. The van der Waals surface area contributed by atoms with Crippen LogP contribution in [0, 0.1) is 0 Å². The van der Waals surface area contributed by atoms with Crippen LogP contribution in [0.25, 0.3) is 10.2 Å². The molecule has 0 radical (unpaired) electrons. The number of amides is 1. The second-order valence-corrected chi connectivity index (χ2v) is 7.10. The van der Waals surface area contributed by atoms with Crippen LogP contribution in [0.4, 0.5) is 13.2 Å². The molecule has 0 spiro atoms. The van der Waals surface area contributed by atoms with Crippen LogP contribution in [0.1, 0.15) is 20.9 Å². The third-order valence-electron chi connectivity index (χ3n) is 3.89. The Hall–Kier alpha value is -2.94. The topological polar surface area (TPSA) is 59.5 Å². The van der Waals surface area contributed by atoms with E-state index in [4.69, 9.17) is 4.74 Å². The summed E-state index contributed by atoms with van der Waals surface area (Å²) < 4.78 is 44.0. The van der Waals surface area contributed by atoms with Gasteiger partial charge in [0.25, 0.3) is 5.91 Å². The van der Waals surface area contributed by atoms with Crippen molar-refractivity contribution in [1.82, 2.24) is 9.88 Å². The third kappa shape index (κ3) is 4.66. The van der Waals surface area contributed by atoms with Gasteiger partial charge in [-0.1, -0.05) is 18.2 Å². The van der Waals surface area contributed by atoms with Crippen LogP contribution in [0.3, 0.4) is 0 Å². The number of hydrogen-bond donors (Lipinski definition) is 0. The van der Waals surface area contributed by atoms with Crippen LogP contribution in [0.5, 0.6) is 0 Å².